The molecule has 3 aromatic rings. The molecule has 0 aliphatic carbocycles. The van der Waals surface area contributed by atoms with Crippen LogP contribution in [0.15, 0.2) is 68.0 Å². The summed E-state index contributed by atoms with van der Waals surface area (Å²) in [4.78, 5) is 31.6. The maximum absolute atomic E-state index is 13.6. The van der Waals surface area contributed by atoms with Crippen molar-refractivity contribution in [1.29, 1.82) is 0 Å². The fourth-order valence-electron chi connectivity index (χ4n) is 3.91. The molecule has 0 radical (unpaired) electrons. The van der Waals surface area contributed by atoms with Gasteiger partial charge in [0.2, 0.25) is 0 Å². The largest absolute Gasteiger partial charge is 0.493 e. The fraction of sp³-hybridized carbons (Fsp3) is 0.240. The Hall–Kier alpha value is -3.17. The molecule has 1 atom stereocenters. The zero-order valence-electron chi connectivity index (χ0n) is 19.1. The maximum atomic E-state index is 13.6. The number of hydrogen-bond donors (Lipinski definition) is 0. The Labute approximate surface area is 208 Å². The van der Waals surface area contributed by atoms with Crippen molar-refractivity contribution in [3.05, 3.63) is 89.0 Å². The molecule has 0 bridgehead atoms. The van der Waals surface area contributed by atoms with E-state index in [1.54, 1.807) is 44.8 Å². The molecule has 0 N–H and O–H groups in total. The minimum atomic E-state index is -0.629. The van der Waals surface area contributed by atoms with Crippen LogP contribution in [-0.2, 0) is 9.53 Å². The van der Waals surface area contributed by atoms with Crippen LogP contribution in [0.4, 0.5) is 0 Å². The number of benzene rings is 2. The number of allylic oxidation sites excluding steroid dienone is 1. The predicted octanol–water partition coefficient (Wildman–Crippen LogP) is 3.58. The third kappa shape index (κ3) is 4.33. The van der Waals surface area contributed by atoms with Crippen LogP contribution in [0.2, 0.25) is 0 Å². The quantitative estimate of drug-likeness (QED) is 0.445. The molecule has 0 saturated heterocycles. The average molecular weight is 543 g/mol. The molecular weight excluding hydrogens is 520 g/mol. The number of esters is 1. The van der Waals surface area contributed by atoms with Crippen LogP contribution in [0.25, 0.3) is 6.08 Å². The van der Waals surface area contributed by atoms with Crippen LogP contribution >= 0.6 is 27.3 Å². The highest BCUT2D eigenvalue weighted by atomic mass is 79.9. The van der Waals surface area contributed by atoms with Gasteiger partial charge in [-0.15, -0.1) is 0 Å². The molecule has 2 heterocycles. The summed E-state index contributed by atoms with van der Waals surface area (Å²) >= 11 is 4.76. The Morgan fingerprint density at radius 3 is 2.59 bits per heavy atom. The van der Waals surface area contributed by atoms with E-state index in [0.29, 0.717) is 36.6 Å². The van der Waals surface area contributed by atoms with E-state index in [4.69, 9.17) is 14.2 Å². The van der Waals surface area contributed by atoms with Gasteiger partial charge in [0.25, 0.3) is 5.56 Å². The van der Waals surface area contributed by atoms with E-state index in [9.17, 15) is 9.59 Å². The summed E-state index contributed by atoms with van der Waals surface area (Å²) in [7, 11) is 3.12. The molecule has 4 rings (SSSR count). The van der Waals surface area contributed by atoms with Crippen molar-refractivity contribution in [3.8, 4) is 11.5 Å². The Bertz CT molecular complexity index is 1460. The smallest absolute Gasteiger partial charge is 0.338 e. The number of ether oxygens (including phenoxy) is 3. The van der Waals surface area contributed by atoms with Crippen LogP contribution in [-0.4, -0.2) is 31.4 Å². The number of rotatable bonds is 6. The molecular formula is C25H23BrN2O5S. The van der Waals surface area contributed by atoms with Crippen molar-refractivity contribution in [2.75, 3.05) is 20.8 Å². The van der Waals surface area contributed by atoms with E-state index in [1.807, 2.05) is 36.4 Å². The molecule has 1 aliphatic heterocycles. The second-order valence-electron chi connectivity index (χ2n) is 7.45. The molecule has 0 spiro atoms. The molecule has 1 aromatic heterocycles. The average Bonchev–Trinajstić information content (AvgIpc) is 3.12. The molecule has 0 saturated carbocycles. The lowest BCUT2D eigenvalue weighted by Crippen LogP contribution is -2.39. The second-order valence-corrected chi connectivity index (χ2v) is 9.31. The summed E-state index contributed by atoms with van der Waals surface area (Å²) < 4.78 is 18.9. The number of carbonyl (C=O) groups is 1. The fourth-order valence-corrected chi connectivity index (χ4v) is 5.58. The van der Waals surface area contributed by atoms with Gasteiger partial charge in [-0.05, 0) is 59.1 Å². The number of thiazole rings is 1. The van der Waals surface area contributed by atoms with Crippen molar-refractivity contribution in [2.45, 2.75) is 19.9 Å². The molecule has 34 heavy (non-hydrogen) atoms. The van der Waals surface area contributed by atoms with Crippen LogP contribution in [0.1, 0.15) is 31.0 Å². The molecule has 7 nitrogen and oxygen atoms in total. The number of methoxy groups -OCH3 is 2. The SMILES string of the molecule is CCOC(=O)C1=C(C)N=c2sc(=Cc3cc(Br)c(OC)c(OC)c3)c(=O)n2C1c1ccccc1. The summed E-state index contributed by atoms with van der Waals surface area (Å²) in [6, 6.07) is 12.5. The van der Waals surface area contributed by atoms with Crippen molar-refractivity contribution in [2.24, 2.45) is 4.99 Å². The Balaban J connectivity index is 1.94. The van der Waals surface area contributed by atoms with Gasteiger partial charge in [-0.2, -0.15) is 0 Å². The van der Waals surface area contributed by atoms with Gasteiger partial charge in [0.15, 0.2) is 16.3 Å². The number of nitrogens with zero attached hydrogens (tertiary/aromatic N) is 2. The molecule has 9 heteroatoms. The second kappa shape index (κ2) is 9.99. The van der Waals surface area contributed by atoms with E-state index in [0.717, 1.165) is 11.1 Å². The summed E-state index contributed by atoms with van der Waals surface area (Å²) in [5, 5.41) is 0. The van der Waals surface area contributed by atoms with Gasteiger partial charge in [-0.3, -0.25) is 9.36 Å². The van der Waals surface area contributed by atoms with Crippen molar-refractivity contribution < 1.29 is 19.0 Å². The van der Waals surface area contributed by atoms with Gasteiger partial charge in [-0.1, -0.05) is 41.7 Å². The van der Waals surface area contributed by atoms with Crippen molar-refractivity contribution >= 4 is 39.3 Å². The number of carbonyl (C=O) groups excluding carboxylic acids is 1. The third-order valence-electron chi connectivity index (χ3n) is 5.39. The lowest BCUT2D eigenvalue weighted by molar-refractivity contribution is -0.139. The number of halogens is 1. The van der Waals surface area contributed by atoms with Crippen LogP contribution in [0, 0.1) is 0 Å². The van der Waals surface area contributed by atoms with E-state index < -0.39 is 12.0 Å². The molecule has 1 aliphatic rings. The first-order chi connectivity index (χ1) is 16.4. The number of fused-ring (bicyclic) bond motifs is 1. The van der Waals surface area contributed by atoms with Gasteiger partial charge in [0.05, 0.1) is 47.1 Å². The maximum Gasteiger partial charge on any atom is 0.338 e. The Kier molecular flexibility index (Phi) is 7.04. The topological polar surface area (TPSA) is 79.1 Å². The minimum absolute atomic E-state index is 0.232. The first-order valence-electron chi connectivity index (χ1n) is 10.6. The summed E-state index contributed by atoms with van der Waals surface area (Å²) in [6.45, 7) is 3.75. The Morgan fingerprint density at radius 2 is 1.94 bits per heavy atom. The summed E-state index contributed by atoms with van der Waals surface area (Å²) in [5.74, 6) is 0.633. The van der Waals surface area contributed by atoms with Crippen LogP contribution in [0.3, 0.4) is 0 Å². The van der Waals surface area contributed by atoms with Gasteiger partial charge < -0.3 is 14.2 Å². The van der Waals surface area contributed by atoms with Gasteiger partial charge >= 0.3 is 5.97 Å². The number of hydrogen-bond acceptors (Lipinski definition) is 7. The standard InChI is InChI=1S/C25H23BrN2O5S/c1-5-33-24(30)20-14(2)27-25-28(21(20)16-9-7-6-8-10-16)23(29)19(34-25)13-15-11-17(26)22(32-4)18(12-15)31-3/h6-13,21H,5H2,1-4H3. The van der Waals surface area contributed by atoms with E-state index in [-0.39, 0.29) is 12.2 Å². The van der Waals surface area contributed by atoms with Crippen LogP contribution in [0.5, 0.6) is 11.5 Å². The zero-order valence-corrected chi connectivity index (χ0v) is 21.5. The lowest BCUT2D eigenvalue weighted by atomic mass is 9.96. The van der Waals surface area contributed by atoms with Gasteiger partial charge in [0.1, 0.15) is 0 Å². The normalized spacial score (nSPS) is 15.6. The Morgan fingerprint density at radius 1 is 1.21 bits per heavy atom. The molecule has 2 aromatic carbocycles. The molecule has 1 unspecified atom stereocenters. The summed E-state index contributed by atoms with van der Waals surface area (Å²) in [5.41, 5.74) is 2.22. The molecule has 0 amide bonds. The highest BCUT2D eigenvalue weighted by molar-refractivity contribution is 9.10. The highest BCUT2D eigenvalue weighted by Gasteiger charge is 2.33. The first-order valence-corrected chi connectivity index (χ1v) is 12.2. The monoisotopic (exact) mass is 542 g/mol. The molecule has 176 valence electrons. The van der Waals surface area contributed by atoms with Gasteiger partial charge in [0, 0.05) is 0 Å². The highest BCUT2D eigenvalue weighted by Crippen LogP contribution is 2.36. The minimum Gasteiger partial charge on any atom is -0.493 e. The van der Waals surface area contributed by atoms with E-state index >= 15 is 0 Å². The summed E-state index contributed by atoms with van der Waals surface area (Å²) in [6.07, 6.45) is 1.78. The van der Waals surface area contributed by atoms with Crippen molar-refractivity contribution in [3.63, 3.8) is 0 Å². The molecule has 0 fully saturated rings. The third-order valence-corrected chi connectivity index (χ3v) is 6.96. The zero-order chi connectivity index (χ0) is 24.4. The number of aromatic nitrogens is 1. The predicted molar refractivity (Wildman–Crippen MR) is 134 cm³/mol. The lowest BCUT2D eigenvalue weighted by Gasteiger charge is -2.24. The van der Waals surface area contributed by atoms with Crippen LogP contribution < -0.4 is 24.4 Å². The van der Waals surface area contributed by atoms with E-state index in [1.165, 1.54) is 11.3 Å². The van der Waals surface area contributed by atoms with Crippen molar-refractivity contribution in [1.82, 2.24) is 4.57 Å². The first kappa shape index (κ1) is 24.0. The van der Waals surface area contributed by atoms with Gasteiger partial charge in [-0.25, -0.2) is 9.79 Å². The van der Waals surface area contributed by atoms with E-state index in [2.05, 4.69) is 20.9 Å².